The third kappa shape index (κ3) is 2.83. The molecule has 128 valence electrons. The Morgan fingerprint density at radius 1 is 1.12 bits per heavy atom. The predicted octanol–water partition coefficient (Wildman–Crippen LogP) is 3.10. The molecule has 1 aliphatic heterocycles. The van der Waals surface area contributed by atoms with Crippen molar-refractivity contribution in [1.29, 1.82) is 0 Å². The van der Waals surface area contributed by atoms with Crippen molar-refractivity contribution in [2.45, 2.75) is 36.1 Å². The Morgan fingerprint density at radius 2 is 1.83 bits per heavy atom. The molecule has 0 bridgehead atoms. The lowest BCUT2D eigenvalue weighted by atomic mass is 10.2. The van der Waals surface area contributed by atoms with Gasteiger partial charge >= 0.3 is 0 Å². The standard InChI is InChI=1S/C15H16Cl2N4O2S/c16-12-2-1-3-13(17)15(12)24(22,23)20-7-6-11(8-20)21-9-14(18-19-21)10-4-5-10/h1-3,9-11H,4-8H2. The molecule has 1 aromatic carbocycles. The average Bonchev–Trinajstić information content (AvgIpc) is 3.07. The van der Waals surface area contributed by atoms with E-state index in [1.165, 1.54) is 16.4 Å². The number of hydrogen-bond acceptors (Lipinski definition) is 4. The van der Waals surface area contributed by atoms with Crippen molar-refractivity contribution in [3.05, 3.63) is 40.1 Å². The molecule has 6 nitrogen and oxygen atoms in total. The molecule has 2 aliphatic rings. The van der Waals surface area contributed by atoms with E-state index in [-0.39, 0.29) is 21.0 Å². The van der Waals surface area contributed by atoms with Crippen molar-refractivity contribution >= 4 is 33.2 Å². The molecule has 0 N–H and O–H groups in total. The van der Waals surface area contributed by atoms with Crippen LogP contribution >= 0.6 is 23.2 Å². The van der Waals surface area contributed by atoms with Crippen molar-refractivity contribution in [3.63, 3.8) is 0 Å². The summed E-state index contributed by atoms with van der Waals surface area (Å²) in [4.78, 5) is -0.0220. The molecule has 9 heteroatoms. The maximum absolute atomic E-state index is 12.9. The number of halogens is 2. The number of aromatic nitrogens is 3. The topological polar surface area (TPSA) is 68.1 Å². The van der Waals surface area contributed by atoms with E-state index < -0.39 is 10.0 Å². The summed E-state index contributed by atoms with van der Waals surface area (Å²) >= 11 is 12.1. The normalized spacial score (nSPS) is 22.2. The maximum atomic E-state index is 12.9. The summed E-state index contributed by atoms with van der Waals surface area (Å²) in [7, 11) is -3.73. The Hall–Kier alpha value is -1.15. The lowest BCUT2D eigenvalue weighted by Crippen LogP contribution is -2.29. The number of nitrogens with zero attached hydrogens (tertiary/aromatic N) is 4. The Balaban J connectivity index is 1.57. The van der Waals surface area contributed by atoms with Crippen LogP contribution in [0.2, 0.25) is 10.0 Å². The highest BCUT2D eigenvalue weighted by Gasteiger charge is 2.36. The molecule has 2 fully saturated rings. The zero-order valence-corrected chi connectivity index (χ0v) is 15.1. The van der Waals surface area contributed by atoms with E-state index in [0.717, 1.165) is 18.5 Å². The molecule has 2 aromatic rings. The summed E-state index contributed by atoms with van der Waals surface area (Å²) in [6.45, 7) is 0.754. The summed E-state index contributed by atoms with van der Waals surface area (Å²) in [6.07, 6.45) is 4.96. The molecular formula is C15H16Cl2N4O2S. The second-order valence-corrected chi connectivity index (χ2v) is 8.94. The molecule has 4 rings (SSSR count). The first-order chi connectivity index (χ1) is 11.5. The molecule has 1 unspecified atom stereocenters. The van der Waals surface area contributed by atoms with Gasteiger partial charge in [-0.2, -0.15) is 4.31 Å². The molecule has 1 saturated heterocycles. The first kappa shape index (κ1) is 16.3. The van der Waals surface area contributed by atoms with Gasteiger partial charge in [-0.1, -0.05) is 34.5 Å². The van der Waals surface area contributed by atoms with Gasteiger partial charge in [0.25, 0.3) is 0 Å². The third-order valence-corrected chi connectivity index (χ3v) is 7.36. The molecule has 1 aromatic heterocycles. The zero-order valence-electron chi connectivity index (χ0n) is 12.8. The lowest BCUT2D eigenvalue weighted by molar-refractivity contribution is 0.428. The van der Waals surface area contributed by atoms with Gasteiger partial charge in [0.1, 0.15) is 4.90 Å². The van der Waals surface area contributed by atoms with Crippen molar-refractivity contribution in [2.75, 3.05) is 13.1 Å². The van der Waals surface area contributed by atoms with Gasteiger partial charge in [0.05, 0.1) is 21.8 Å². The van der Waals surface area contributed by atoms with E-state index in [2.05, 4.69) is 10.3 Å². The van der Waals surface area contributed by atoms with E-state index in [4.69, 9.17) is 23.2 Å². The highest BCUT2D eigenvalue weighted by molar-refractivity contribution is 7.89. The third-order valence-electron chi connectivity index (χ3n) is 4.54. The van der Waals surface area contributed by atoms with Crippen LogP contribution in [0.5, 0.6) is 0 Å². The SMILES string of the molecule is O=S(=O)(c1c(Cl)cccc1Cl)N1CCC(n2cc(C3CC3)nn2)C1. The van der Waals surface area contributed by atoms with Crippen LogP contribution in [0.15, 0.2) is 29.3 Å². The minimum absolute atomic E-state index is 0.0129. The fourth-order valence-corrected chi connectivity index (χ4v) is 5.62. The van der Waals surface area contributed by atoms with Crippen molar-refractivity contribution in [1.82, 2.24) is 19.3 Å². The molecular weight excluding hydrogens is 371 g/mol. The number of benzene rings is 1. The second kappa shape index (κ2) is 5.98. The van der Waals surface area contributed by atoms with Gasteiger partial charge in [-0.15, -0.1) is 5.10 Å². The van der Waals surface area contributed by atoms with E-state index in [1.54, 1.807) is 10.7 Å². The fourth-order valence-electron chi connectivity index (χ4n) is 3.04. The molecule has 0 spiro atoms. The molecule has 1 saturated carbocycles. The van der Waals surface area contributed by atoms with Crippen LogP contribution in [-0.2, 0) is 10.0 Å². The van der Waals surface area contributed by atoms with Crippen LogP contribution in [0.25, 0.3) is 0 Å². The van der Waals surface area contributed by atoms with E-state index in [0.29, 0.717) is 25.4 Å². The van der Waals surface area contributed by atoms with E-state index in [9.17, 15) is 8.42 Å². The predicted molar refractivity (Wildman–Crippen MR) is 90.9 cm³/mol. The van der Waals surface area contributed by atoms with Crippen molar-refractivity contribution < 1.29 is 8.42 Å². The number of rotatable bonds is 4. The van der Waals surface area contributed by atoms with Crippen LogP contribution in [0.3, 0.4) is 0 Å². The molecule has 0 amide bonds. The van der Waals surface area contributed by atoms with Gasteiger partial charge in [-0.25, -0.2) is 13.1 Å². The second-order valence-electron chi connectivity index (χ2n) is 6.25. The minimum atomic E-state index is -3.73. The van der Waals surface area contributed by atoms with Gasteiger partial charge < -0.3 is 0 Å². The van der Waals surface area contributed by atoms with Gasteiger partial charge in [-0.05, 0) is 31.4 Å². The van der Waals surface area contributed by atoms with Crippen LogP contribution in [0.1, 0.15) is 36.9 Å². The monoisotopic (exact) mass is 386 g/mol. The van der Waals surface area contributed by atoms with E-state index in [1.807, 2.05) is 6.20 Å². The quantitative estimate of drug-likeness (QED) is 0.809. The first-order valence-electron chi connectivity index (χ1n) is 7.82. The molecule has 1 aliphatic carbocycles. The van der Waals surface area contributed by atoms with Crippen molar-refractivity contribution in [2.24, 2.45) is 0 Å². The smallest absolute Gasteiger partial charge is 0.246 e. The summed E-state index contributed by atoms with van der Waals surface area (Å²) in [6, 6.07) is 4.69. The Morgan fingerprint density at radius 3 is 2.50 bits per heavy atom. The van der Waals surface area contributed by atoms with Crippen LogP contribution in [-0.4, -0.2) is 40.8 Å². The lowest BCUT2D eigenvalue weighted by Gasteiger charge is -2.18. The molecule has 2 heterocycles. The van der Waals surface area contributed by atoms with Gasteiger partial charge in [-0.3, -0.25) is 0 Å². The first-order valence-corrected chi connectivity index (χ1v) is 10.0. The average molecular weight is 387 g/mol. The number of hydrogen-bond donors (Lipinski definition) is 0. The summed E-state index contributed by atoms with van der Waals surface area (Å²) in [5.41, 5.74) is 1.01. The summed E-state index contributed by atoms with van der Waals surface area (Å²) < 4.78 is 29.0. The Labute approximate surface area is 150 Å². The van der Waals surface area contributed by atoms with Crippen LogP contribution in [0.4, 0.5) is 0 Å². The largest absolute Gasteiger partial charge is 0.248 e. The van der Waals surface area contributed by atoms with Gasteiger partial charge in [0, 0.05) is 25.2 Å². The van der Waals surface area contributed by atoms with Gasteiger partial charge in [0.15, 0.2) is 0 Å². The highest BCUT2D eigenvalue weighted by atomic mass is 35.5. The van der Waals surface area contributed by atoms with Crippen LogP contribution < -0.4 is 0 Å². The zero-order chi connectivity index (χ0) is 16.9. The number of sulfonamides is 1. The van der Waals surface area contributed by atoms with Crippen LogP contribution in [0, 0.1) is 0 Å². The summed E-state index contributed by atoms with van der Waals surface area (Å²) in [5, 5.41) is 8.66. The Kier molecular flexibility index (Phi) is 4.07. The molecule has 0 radical (unpaired) electrons. The maximum Gasteiger partial charge on any atom is 0.246 e. The molecule has 24 heavy (non-hydrogen) atoms. The van der Waals surface area contributed by atoms with Gasteiger partial charge in [0.2, 0.25) is 10.0 Å². The highest BCUT2D eigenvalue weighted by Crippen LogP contribution is 2.39. The molecule has 1 atom stereocenters. The van der Waals surface area contributed by atoms with E-state index >= 15 is 0 Å². The Bertz CT molecular complexity index is 859. The minimum Gasteiger partial charge on any atom is -0.248 e. The fraction of sp³-hybridized carbons (Fsp3) is 0.467. The van der Waals surface area contributed by atoms with Crippen molar-refractivity contribution in [3.8, 4) is 0 Å². The summed E-state index contributed by atoms with van der Waals surface area (Å²) in [5.74, 6) is 0.530.